The Morgan fingerprint density at radius 3 is 2.67 bits per heavy atom. The molecule has 176 valence electrons. The lowest BCUT2D eigenvalue weighted by atomic mass is 9.92. The zero-order valence-corrected chi connectivity index (χ0v) is 17.7. The lowest BCUT2D eigenvalue weighted by Gasteiger charge is -2.31. The van der Waals surface area contributed by atoms with Gasteiger partial charge < -0.3 is 20.3 Å². The van der Waals surface area contributed by atoms with Crippen molar-refractivity contribution in [2.75, 3.05) is 28.6 Å². The number of benzene rings is 1. The predicted octanol–water partition coefficient (Wildman–Crippen LogP) is 2.97. The highest BCUT2D eigenvalue weighted by Crippen LogP contribution is 2.32. The lowest BCUT2D eigenvalue weighted by molar-refractivity contribution is -0.274. The first-order chi connectivity index (χ1) is 15.6. The summed E-state index contributed by atoms with van der Waals surface area (Å²) in [5, 5.41) is 5.00. The Balaban J connectivity index is 1.58. The molecule has 2 amide bonds. The molecule has 0 saturated carbocycles. The standard InChI is InChI=1S/C21H22F3N5O4/c1-11-5-7-29(8-6-11)20-27-17-16(19(32)28-20)14(10-15(30)26-17)18(31)25-12-3-2-4-13(9-12)33-21(22,23)24/h2-4,9,11,14H,5-8,10H2,1H3,(H,25,31)(H2,26,27,28,30,32). The topological polar surface area (TPSA) is 116 Å². The van der Waals surface area contributed by atoms with Gasteiger partial charge in [0.1, 0.15) is 11.6 Å². The summed E-state index contributed by atoms with van der Waals surface area (Å²) in [4.78, 5) is 47.0. The van der Waals surface area contributed by atoms with Crippen LogP contribution in [0.1, 0.15) is 37.7 Å². The minimum Gasteiger partial charge on any atom is -0.406 e. The molecule has 4 rings (SSSR count). The van der Waals surface area contributed by atoms with Gasteiger partial charge in [0.25, 0.3) is 5.56 Å². The Morgan fingerprint density at radius 1 is 1.24 bits per heavy atom. The van der Waals surface area contributed by atoms with Gasteiger partial charge in [-0.3, -0.25) is 19.4 Å². The van der Waals surface area contributed by atoms with E-state index in [4.69, 9.17) is 0 Å². The molecule has 2 aromatic rings. The first-order valence-electron chi connectivity index (χ1n) is 10.4. The first kappa shape index (κ1) is 22.6. The highest BCUT2D eigenvalue weighted by Gasteiger charge is 2.36. The fraction of sp³-hybridized carbons (Fsp3) is 0.429. The number of aromatic amines is 1. The molecule has 0 bridgehead atoms. The van der Waals surface area contributed by atoms with E-state index in [1.807, 2.05) is 4.90 Å². The summed E-state index contributed by atoms with van der Waals surface area (Å²) in [7, 11) is 0. The molecular formula is C21H22F3N5O4. The predicted molar refractivity (Wildman–Crippen MR) is 113 cm³/mol. The van der Waals surface area contributed by atoms with E-state index in [0.717, 1.165) is 25.0 Å². The molecule has 9 nitrogen and oxygen atoms in total. The number of carbonyl (C=O) groups is 2. The number of nitrogens with one attached hydrogen (secondary N) is 3. The van der Waals surface area contributed by atoms with Gasteiger partial charge in [0.05, 0.1) is 11.5 Å². The summed E-state index contributed by atoms with van der Waals surface area (Å²) in [6, 6.07) is 4.73. The molecule has 3 N–H and O–H groups in total. The van der Waals surface area contributed by atoms with E-state index >= 15 is 0 Å². The van der Waals surface area contributed by atoms with Gasteiger partial charge in [0.2, 0.25) is 17.8 Å². The molecule has 1 atom stereocenters. The van der Waals surface area contributed by atoms with Crippen LogP contribution >= 0.6 is 0 Å². The zero-order valence-electron chi connectivity index (χ0n) is 17.7. The molecule has 3 heterocycles. The minimum atomic E-state index is -4.88. The second kappa shape index (κ2) is 8.75. The van der Waals surface area contributed by atoms with E-state index in [1.165, 1.54) is 12.1 Å². The summed E-state index contributed by atoms with van der Waals surface area (Å²) in [6.07, 6.45) is -3.31. The number of fused-ring (bicyclic) bond motifs is 1. The van der Waals surface area contributed by atoms with E-state index < -0.39 is 35.4 Å². The minimum absolute atomic E-state index is 0.00363. The second-order valence-corrected chi connectivity index (χ2v) is 8.19. The molecule has 1 fully saturated rings. The summed E-state index contributed by atoms with van der Waals surface area (Å²) in [5.41, 5.74) is -0.524. The molecule has 0 aliphatic carbocycles. The molecule has 1 unspecified atom stereocenters. The van der Waals surface area contributed by atoms with Gasteiger partial charge >= 0.3 is 6.36 Å². The Labute approximate surface area is 186 Å². The largest absolute Gasteiger partial charge is 0.573 e. The fourth-order valence-electron chi connectivity index (χ4n) is 3.95. The number of halogens is 3. The maximum absolute atomic E-state index is 12.9. The van der Waals surface area contributed by atoms with Crippen molar-refractivity contribution < 1.29 is 27.5 Å². The number of amides is 2. The summed E-state index contributed by atoms with van der Waals surface area (Å²) >= 11 is 0. The van der Waals surface area contributed by atoms with Crippen molar-refractivity contribution in [2.45, 2.75) is 38.5 Å². The van der Waals surface area contributed by atoms with E-state index in [-0.39, 0.29) is 23.5 Å². The van der Waals surface area contributed by atoms with Crippen LogP contribution in [0.5, 0.6) is 5.75 Å². The molecular weight excluding hydrogens is 443 g/mol. The third-order valence-corrected chi connectivity index (χ3v) is 5.67. The van der Waals surface area contributed by atoms with Crippen LogP contribution in [0.4, 0.5) is 30.6 Å². The second-order valence-electron chi connectivity index (χ2n) is 8.19. The first-order valence-corrected chi connectivity index (χ1v) is 10.4. The van der Waals surface area contributed by atoms with Crippen molar-refractivity contribution >= 4 is 29.3 Å². The van der Waals surface area contributed by atoms with E-state index in [0.29, 0.717) is 25.0 Å². The van der Waals surface area contributed by atoms with Crippen molar-refractivity contribution in [1.29, 1.82) is 0 Å². The van der Waals surface area contributed by atoms with Crippen molar-refractivity contribution in [3.8, 4) is 5.75 Å². The van der Waals surface area contributed by atoms with Gasteiger partial charge in [-0.25, -0.2) is 0 Å². The molecule has 2 aliphatic rings. The maximum atomic E-state index is 12.9. The van der Waals surface area contributed by atoms with E-state index in [1.54, 1.807) is 0 Å². The number of alkyl halides is 3. The van der Waals surface area contributed by atoms with Crippen LogP contribution in [0.15, 0.2) is 29.1 Å². The Kier molecular flexibility index (Phi) is 6.00. The smallest absolute Gasteiger partial charge is 0.406 e. The molecule has 0 spiro atoms. The molecule has 0 radical (unpaired) electrons. The third-order valence-electron chi connectivity index (χ3n) is 5.67. The van der Waals surface area contributed by atoms with Gasteiger partial charge in [-0.1, -0.05) is 13.0 Å². The average molecular weight is 465 g/mol. The number of hydrogen-bond acceptors (Lipinski definition) is 6. The van der Waals surface area contributed by atoms with E-state index in [9.17, 15) is 27.6 Å². The monoisotopic (exact) mass is 465 g/mol. The SMILES string of the molecule is CC1CCN(c2nc3c(c(=O)[nH]2)C(C(=O)Nc2cccc(OC(F)(F)F)c2)CC(=O)N3)CC1. The van der Waals surface area contributed by atoms with Crippen LogP contribution in [0, 0.1) is 5.92 Å². The number of rotatable bonds is 4. The fourth-order valence-corrected chi connectivity index (χ4v) is 3.95. The zero-order chi connectivity index (χ0) is 23.8. The Morgan fingerprint density at radius 2 is 1.97 bits per heavy atom. The average Bonchev–Trinajstić information content (AvgIpc) is 2.72. The van der Waals surface area contributed by atoms with Gasteiger partial charge in [-0.2, -0.15) is 4.98 Å². The van der Waals surface area contributed by atoms with Crippen molar-refractivity contribution in [1.82, 2.24) is 9.97 Å². The van der Waals surface area contributed by atoms with Crippen molar-refractivity contribution in [3.05, 3.63) is 40.2 Å². The number of H-pyrrole nitrogens is 1. The number of carbonyl (C=O) groups excluding carboxylic acids is 2. The number of aromatic nitrogens is 2. The van der Waals surface area contributed by atoms with Gasteiger partial charge in [0.15, 0.2) is 0 Å². The van der Waals surface area contributed by atoms with Crippen molar-refractivity contribution in [2.24, 2.45) is 5.92 Å². The van der Waals surface area contributed by atoms with Gasteiger partial charge in [0, 0.05) is 31.3 Å². The summed E-state index contributed by atoms with van der Waals surface area (Å²) in [5.74, 6) is -1.98. The molecule has 1 aromatic heterocycles. The van der Waals surface area contributed by atoms with Crippen LogP contribution in [0.2, 0.25) is 0 Å². The quantitative estimate of drug-likeness (QED) is 0.639. The van der Waals surface area contributed by atoms with E-state index in [2.05, 4.69) is 32.3 Å². The summed E-state index contributed by atoms with van der Waals surface area (Å²) < 4.78 is 41.2. The molecule has 2 aliphatic heterocycles. The molecule has 1 aromatic carbocycles. The third kappa shape index (κ3) is 5.26. The highest BCUT2D eigenvalue weighted by atomic mass is 19.4. The number of nitrogens with zero attached hydrogens (tertiary/aromatic N) is 2. The number of anilines is 3. The van der Waals surface area contributed by atoms with Crippen LogP contribution in [-0.2, 0) is 9.59 Å². The number of piperidine rings is 1. The van der Waals surface area contributed by atoms with Crippen LogP contribution < -0.4 is 25.8 Å². The molecule has 33 heavy (non-hydrogen) atoms. The lowest BCUT2D eigenvalue weighted by Crippen LogP contribution is -2.39. The van der Waals surface area contributed by atoms with Gasteiger partial charge in [-0.05, 0) is 30.9 Å². The maximum Gasteiger partial charge on any atom is 0.573 e. The Hall–Kier alpha value is -3.57. The van der Waals surface area contributed by atoms with Crippen LogP contribution in [0.25, 0.3) is 0 Å². The van der Waals surface area contributed by atoms with Crippen molar-refractivity contribution in [3.63, 3.8) is 0 Å². The van der Waals surface area contributed by atoms with Crippen LogP contribution in [0.3, 0.4) is 0 Å². The van der Waals surface area contributed by atoms with Crippen LogP contribution in [-0.4, -0.2) is 41.2 Å². The number of hydrogen-bond donors (Lipinski definition) is 3. The Bertz CT molecular complexity index is 1130. The molecule has 12 heteroatoms. The summed E-state index contributed by atoms with van der Waals surface area (Å²) in [6.45, 7) is 3.56. The molecule has 1 saturated heterocycles. The highest BCUT2D eigenvalue weighted by molar-refractivity contribution is 6.04. The number of ether oxygens (including phenoxy) is 1. The normalized spacial score (nSPS) is 19.0. The van der Waals surface area contributed by atoms with Gasteiger partial charge in [-0.15, -0.1) is 13.2 Å².